The van der Waals surface area contributed by atoms with Crippen molar-refractivity contribution in [1.82, 2.24) is 0 Å². The van der Waals surface area contributed by atoms with E-state index in [1.165, 1.54) is 56.9 Å². The normalized spacial score (nSPS) is 24.8. The van der Waals surface area contributed by atoms with Crippen LogP contribution in [0.1, 0.15) is 89.0 Å². The first-order valence-electron chi connectivity index (χ1n) is 9.26. The molecule has 0 amide bonds. The summed E-state index contributed by atoms with van der Waals surface area (Å²) >= 11 is 0. The molecular formula is C21H31N. The standard InChI is InChI=1S/C21H31N/c1-2-3-4-5-6-10-15-21(18-22)16-13-20(14-17-21)19-11-8-7-9-12-19/h7-9,11-12,20H,2-6,10,13-17H2,1H3. The Labute approximate surface area is 136 Å². The van der Waals surface area contributed by atoms with Gasteiger partial charge in [0.2, 0.25) is 0 Å². The largest absolute Gasteiger partial charge is 0.198 e. The van der Waals surface area contributed by atoms with Crippen molar-refractivity contribution in [1.29, 1.82) is 5.26 Å². The van der Waals surface area contributed by atoms with Gasteiger partial charge in [-0.3, -0.25) is 0 Å². The lowest BCUT2D eigenvalue weighted by molar-refractivity contribution is 0.223. The monoisotopic (exact) mass is 297 g/mol. The maximum Gasteiger partial charge on any atom is 0.0689 e. The molecule has 0 spiro atoms. The Hall–Kier alpha value is -1.29. The molecule has 2 rings (SSSR count). The lowest BCUT2D eigenvalue weighted by atomic mass is 9.67. The number of rotatable bonds is 8. The summed E-state index contributed by atoms with van der Waals surface area (Å²) in [5, 5.41) is 9.69. The van der Waals surface area contributed by atoms with Gasteiger partial charge in [0.05, 0.1) is 11.5 Å². The third-order valence-electron chi connectivity index (χ3n) is 5.46. The second-order valence-electron chi connectivity index (χ2n) is 7.09. The van der Waals surface area contributed by atoms with Crippen LogP contribution in [0.2, 0.25) is 0 Å². The van der Waals surface area contributed by atoms with Crippen LogP contribution in [0, 0.1) is 16.7 Å². The van der Waals surface area contributed by atoms with Crippen molar-refractivity contribution in [3.8, 4) is 6.07 Å². The summed E-state index contributed by atoms with van der Waals surface area (Å²) in [4.78, 5) is 0. The molecular weight excluding hydrogens is 266 g/mol. The first kappa shape index (κ1) is 17.1. The quantitative estimate of drug-likeness (QED) is 0.495. The van der Waals surface area contributed by atoms with Crippen LogP contribution in [0.3, 0.4) is 0 Å². The zero-order valence-corrected chi connectivity index (χ0v) is 14.2. The van der Waals surface area contributed by atoms with Crippen LogP contribution in [0.5, 0.6) is 0 Å². The van der Waals surface area contributed by atoms with Gasteiger partial charge in [0.25, 0.3) is 0 Å². The fourth-order valence-corrected chi connectivity index (χ4v) is 3.89. The molecule has 1 nitrogen and oxygen atoms in total. The molecule has 1 aliphatic rings. The minimum Gasteiger partial charge on any atom is -0.198 e. The number of hydrogen-bond acceptors (Lipinski definition) is 1. The molecule has 0 bridgehead atoms. The smallest absolute Gasteiger partial charge is 0.0689 e. The molecule has 120 valence electrons. The maximum atomic E-state index is 9.69. The molecule has 0 saturated heterocycles. The third-order valence-corrected chi connectivity index (χ3v) is 5.46. The second-order valence-corrected chi connectivity index (χ2v) is 7.09. The molecule has 1 heteroatoms. The highest BCUT2D eigenvalue weighted by atomic mass is 14.4. The van der Waals surface area contributed by atoms with E-state index in [4.69, 9.17) is 0 Å². The van der Waals surface area contributed by atoms with Crippen molar-refractivity contribution in [3.05, 3.63) is 35.9 Å². The van der Waals surface area contributed by atoms with E-state index >= 15 is 0 Å². The molecule has 1 saturated carbocycles. The highest BCUT2D eigenvalue weighted by Crippen LogP contribution is 2.45. The van der Waals surface area contributed by atoms with Gasteiger partial charge in [0, 0.05) is 0 Å². The van der Waals surface area contributed by atoms with Crippen LogP contribution in [-0.4, -0.2) is 0 Å². The van der Waals surface area contributed by atoms with Crippen LogP contribution in [0.4, 0.5) is 0 Å². The van der Waals surface area contributed by atoms with E-state index in [2.05, 4.69) is 43.3 Å². The number of unbranched alkanes of at least 4 members (excludes halogenated alkanes) is 5. The molecule has 0 radical (unpaired) electrons. The van der Waals surface area contributed by atoms with Crippen molar-refractivity contribution in [2.24, 2.45) is 5.41 Å². The average Bonchev–Trinajstić information content (AvgIpc) is 2.59. The van der Waals surface area contributed by atoms with Gasteiger partial charge in [-0.1, -0.05) is 75.8 Å². The molecule has 1 fully saturated rings. The Morgan fingerprint density at radius 3 is 2.27 bits per heavy atom. The SMILES string of the molecule is CCCCCCCCC1(C#N)CCC(c2ccccc2)CC1. The van der Waals surface area contributed by atoms with Gasteiger partial charge >= 0.3 is 0 Å². The fraction of sp³-hybridized carbons (Fsp3) is 0.667. The van der Waals surface area contributed by atoms with Crippen molar-refractivity contribution in [2.75, 3.05) is 0 Å². The highest BCUT2D eigenvalue weighted by Gasteiger charge is 2.35. The zero-order valence-electron chi connectivity index (χ0n) is 14.2. The predicted molar refractivity (Wildman–Crippen MR) is 93.7 cm³/mol. The summed E-state index contributed by atoms with van der Waals surface area (Å²) in [6.45, 7) is 2.26. The highest BCUT2D eigenvalue weighted by molar-refractivity contribution is 5.21. The van der Waals surface area contributed by atoms with Crippen LogP contribution in [-0.2, 0) is 0 Å². The van der Waals surface area contributed by atoms with Crippen molar-refractivity contribution in [2.45, 2.75) is 83.5 Å². The molecule has 0 aliphatic heterocycles. The molecule has 0 N–H and O–H groups in total. The van der Waals surface area contributed by atoms with Crippen molar-refractivity contribution in [3.63, 3.8) is 0 Å². The van der Waals surface area contributed by atoms with Crippen LogP contribution < -0.4 is 0 Å². The van der Waals surface area contributed by atoms with Gasteiger partial charge in [-0.25, -0.2) is 0 Å². The number of benzene rings is 1. The summed E-state index contributed by atoms with van der Waals surface area (Å²) in [6.07, 6.45) is 13.6. The van der Waals surface area contributed by atoms with Gasteiger partial charge in [0.15, 0.2) is 0 Å². The molecule has 0 heterocycles. The van der Waals surface area contributed by atoms with Gasteiger partial charge < -0.3 is 0 Å². The van der Waals surface area contributed by atoms with Gasteiger partial charge in [0.1, 0.15) is 0 Å². The molecule has 22 heavy (non-hydrogen) atoms. The number of nitrogens with zero attached hydrogens (tertiary/aromatic N) is 1. The van der Waals surface area contributed by atoms with E-state index < -0.39 is 0 Å². The Kier molecular flexibility index (Phi) is 6.97. The Balaban J connectivity index is 1.75. The predicted octanol–water partition coefficient (Wildman–Crippen LogP) is 6.60. The van der Waals surface area contributed by atoms with Crippen molar-refractivity contribution < 1.29 is 0 Å². The molecule has 0 unspecified atom stereocenters. The average molecular weight is 297 g/mol. The Morgan fingerprint density at radius 2 is 1.64 bits per heavy atom. The summed E-state index contributed by atoms with van der Waals surface area (Å²) < 4.78 is 0. The van der Waals surface area contributed by atoms with E-state index in [9.17, 15) is 5.26 Å². The minimum absolute atomic E-state index is 0.0178. The molecule has 0 aromatic heterocycles. The second kappa shape index (κ2) is 8.99. The molecule has 0 atom stereocenters. The van der Waals surface area contributed by atoms with E-state index in [-0.39, 0.29) is 5.41 Å². The van der Waals surface area contributed by atoms with Crippen LogP contribution in [0.25, 0.3) is 0 Å². The molecule has 1 aromatic carbocycles. The first-order chi connectivity index (χ1) is 10.8. The lowest BCUT2D eigenvalue weighted by Gasteiger charge is -2.35. The molecule has 1 aliphatic carbocycles. The van der Waals surface area contributed by atoms with Gasteiger partial charge in [-0.15, -0.1) is 0 Å². The van der Waals surface area contributed by atoms with Crippen molar-refractivity contribution >= 4 is 0 Å². The van der Waals surface area contributed by atoms with Gasteiger partial charge in [-0.05, 0) is 43.6 Å². The minimum atomic E-state index is -0.0178. The maximum absolute atomic E-state index is 9.69. The summed E-state index contributed by atoms with van der Waals surface area (Å²) in [6, 6.07) is 13.5. The van der Waals surface area contributed by atoms with E-state index in [1.807, 2.05) is 0 Å². The Bertz CT molecular complexity index is 449. The van der Waals surface area contributed by atoms with Gasteiger partial charge in [-0.2, -0.15) is 5.26 Å². The summed E-state index contributed by atoms with van der Waals surface area (Å²) in [7, 11) is 0. The van der Waals surface area contributed by atoms with E-state index in [1.54, 1.807) is 0 Å². The lowest BCUT2D eigenvalue weighted by Crippen LogP contribution is -2.25. The third kappa shape index (κ3) is 4.87. The first-order valence-corrected chi connectivity index (χ1v) is 9.26. The topological polar surface area (TPSA) is 23.8 Å². The zero-order chi connectivity index (χ0) is 15.7. The van der Waals surface area contributed by atoms with E-state index in [0.717, 1.165) is 19.3 Å². The Morgan fingerprint density at radius 1 is 1.00 bits per heavy atom. The summed E-state index contributed by atoms with van der Waals surface area (Å²) in [5.74, 6) is 0.673. The summed E-state index contributed by atoms with van der Waals surface area (Å²) in [5.41, 5.74) is 1.45. The van der Waals surface area contributed by atoms with Crippen LogP contribution >= 0.6 is 0 Å². The fourth-order valence-electron chi connectivity index (χ4n) is 3.89. The molecule has 1 aromatic rings. The van der Waals surface area contributed by atoms with Crippen LogP contribution in [0.15, 0.2) is 30.3 Å². The number of hydrogen-bond donors (Lipinski definition) is 0. The number of nitriles is 1. The van der Waals surface area contributed by atoms with E-state index in [0.29, 0.717) is 5.92 Å².